The minimum Gasteiger partial charge on any atom is -0.444 e. The molecule has 30 heavy (non-hydrogen) atoms. The van der Waals surface area contributed by atoms with Crippen LogP contribution in [0.1, 0.15) is 23.6 Å². The van der Waals surface area contributed by atoms with Crippen molar-refractivity contribution >= 4 is 20.1 Å². The molecular weight excluding hydrogens is 434 g/mol. The van der Waals surface area contributed by atoms with Crippen molar-refractivity contribution in [2.24, 2.45) is 0 Å². The smallest absolute Gasteiger partial charge is 0.418 e. The minimum atomic E-state index is -4.95. The molecule has 0 radical (unpaired) electrons. The summed E-state index contributed by atoms with van der Waals surface area (Å²) in [6.45, 7) is 6.78. The second kappa shape index (κ2) is 7.77. The maximum absolute atomic E-state index is 13.9. The van der Waals surface area contributed by atoms with E-state index >= 15 is 0 Å². The first-order valence-electron chi connectivity index (χ1n) is 8.84. The molecule has 3 atom stereocenters. The fourth-order valence-corrected chi connectivity index (χ4v) is 4.42. The molecule has 1 aromatic carbocycles. The van der Waals surface area contributed by atoms with Gasteiger partial charge in [-0.2, -0.15) is 31.6 Å². The van der Waals surface area contributed by atoms with Crippen molar-refractivity contribution < 1.29 is 40.3 Å². The van der Waals surface area contributed by atoms with Crippen molar-refractivity contribution in [3.63, 3.8) is 0 Å². The number of amides is 1. The molecule has 1 amide bonds. The molecule has 0 saturated carbocycles. The SMILES string of the molecule is Cc1c(N2C(=O)O[C@@H](C)[C@@H]2C(O[Si](C)(C)C)C(F)(F)F)ccc(C#N)c1C(F)(F)F. The van der Waals surface area contributed by atoms with Gasteiger partial charge in [0.1, 0.15) is 12.1 Å². The number of halogens is 6. The molecule has 166 valence electrons. The fraction of sp³-hybridized carbons (Fsp3) is 0.556. The second-order valence-corrected chi connectivity index (χ2v) is 12.3. The molecule has 1 fully saturated rings. The van der Waals surface area contributed by atoms with Crippen LogP contribution >= 0.6 is 0 Å². The van der Waals surface area contributed by atoms with E-state index < -0.39 is 67.4 Å². The van der Waals surface area contributed by atoms with Gasteiger partial charge in [-0.1, -0.05) is 0 Å². The lowest BCUT2D eigenvalue weighted by Gasteiger charge is -2.36. The van der Waals surface area contributed by atoms with Gasteiger partial charge in [-0.25, -0.2) is 4.79 Å². The number of ether oxygens (including phenoxy) is 1. The van der Waals surface area contributed by atoms with Gasteiger partial charge >= 0.3 is 18.4 Å². The van der Waals surface area contributed by atoms with Crippen LogP contribution < -0.4 is 4.90 Å². The third-order valence-corrected chi connectivity index (χ3v) is 5.44. The predicted molar refractivity (Wildman–Crippen MR) is 97.4 cm³/mol. The lowest BCUT2D eigenvalue weighted by Crippen LogP contribution is -2.56. The molecule has 1 aromatic rings. The third kappa shape index (κ3) is 4.72. The Hall–Kier alpha value is -2.26. The number of rotatable bonds is 4. The number of benzene rings is 1. The van der Waals surface area contributed by atoms with Gasteiger partial charge in [-0.15, -0.1) is 0 Å². The first kappa shape index (κ1) is 24.0. The molecule has 0 spiro atoms. The van der Waals surface area contributed by atoms with Gasteiger partial charge in [0.05, 0.1) is 22.9 Å². The Bertz CT molecular complexity index is 873. The van der Waals surface area contributed by atoms with E-state index in [0.717, 1.165) is 19.1 Å². The Morgan fingerprint density at radius 3 is 2.20 bits per heavy atom. The molecule has 1 unspecified atom stereocenters. The molecule has 12 heteroatoms. The molecule has 1 heterocycles. The molecule has 1 saturated heterocycles. The Morgan fingerprint density at radius 2 is 1.77 bits per heavy atom. The summed E-state index contributed by atoms with van der Waals surface area (Å²) in [7, 11) is -2.79. The summed E-state index contributed by atoms with van der Waals surface area (Å²) in [4.78, 5) is 13.0. The number of nitrogens with zero attached hydrogens (tertiary/aromatic N) is 2. The van der Waals surface area contributed by atoms with Gasteiger partial charge in [-0.05, 0) is 51.2 Å². The van der Waals surface area contributed by atoms with E-state index in [0.29, 0.717) is 4.90 Å². The maximum Gasteiger partial charge on any atom is 0.418 e. The molecule has 0 N–H and O–H groups in total. The number of carbonyl (C=O) groups is 1. The lowest BCUT2D eigenvalue weighted by molar-refractivity contribution is -0.206. The summed E-state index contributed by atoms with van der Waals surface area (Å²) in [5.41, 5.74) is -2.99. The maximum atomic E-state index is 13.9. The van der Waals surface area contributed by atoms with E-state index in [1.165, 1.54) is 32.6 Å². The van der Waals surface area contributed by atoms with Crippen LogP contribution in [0.4, 0.5) is 36.8 Å². The molecule has 1 aliphatic heterocycles. The predicted octanol–water partition coefficient (Wildman–Crippen LogP) is 5.38. The van der Waals surface area contributed by atoms with Gasteiger partial charge in [0.15, 0.2) is 14.4 Å². The van der Waals surface area contributed by atoms with Gasteiger partial charge in [0.25, 0.3) is 0 Å². The molecule has 5 nitrogen and oxygen atoms in total. The monoisotopic (exact) mass is 454 g/mol. The quantitative estimate of drug-likeness (QED) is 0.453. The number of hydrogen-bond donors (Lipinski definition) is 0. The minimum absolute atomic E-state index is 0.422. The number of cyclic esters (lactones) is 1. The standard InChI is InChI=1S/C18H20F6N2O3Si/c1-9-12(7-6-11(8-25)13(9)17(19,20)21)26-14(10(2)28-16(26)27)15(18(22,23)24)29-30(3,4)5/h6-7,10,14-15H,1-5H3/t10-,14+,15?/m0/s1. The van der Waals surface area contributed by atoms with Gasteiger partial charge in [0, 0.05) is 0 Å². The average molecular weight is 454 g/mol. The molecule has 0 aliphatic carbocycles. The Labute approximate surface area is 170 Å². The van der Waals surface area contributed by atoms with Crippen LogP contribution in [0.3, 0.4) is 0 Å². The Kier molecular flexibility index (Phi) is 6.22. The highest BCUT2D eigenvalue weighted by atomic mass is 28.4. The van der Waals surface area contributed by atoms with Gasteiger partial charge < -0.3 is 9.16 Å². The summed E-state index contributed by atoms with van der Waals surface area (Å²) in [6, 6.07) is 1.51. The van der Waals surface area contributed by atoms with Crippen molar-refractivity contribution in [3.05, 3.63) is 28.8 Å². The summed E-state index contributed by atoms with van der Waals surface area (Å²) in [6.07, 6.45) is -14.8. The van der Waals surface area contributed by atoms with Crippen molar-refractivity contribution in [1.29, 1.82) is 5.26 Å². The van der Waals surface area contributed by atoms with Crippen molar-refractivity contribution in [3.8, 4) is 6.07 Å². The van der Waals surface area contributed by atoms with Crippen LogP contribution in [0.15, 0.2) is 12.1 Å². The molecule has 0 bridgehead atoms. The van der Waals surface area contributed by atoms with Crippen molar-refractivity contribution in [2.45, 2.75) is 64.1 Å². The van der Waals surface area contributed by atoms with Crippen LogP contribution in [0, 0.1) is 18.3 Å². The van der Waals surface area contributed by atoms with E-state index in [-0.39, 0.29) is 0 Å². The Balaban J connectivity index is 2.70. The molecule has 2 rings (SSSR count). The van der Waals surface area contributed by atoms with Gasteiger partial charge in [-0.3, -0.25) is 4.90 Å². The van der Waals surface area contributed by atoms with Crippen LogP contribution in [0.2, 0.25) is 19.6 Å². The van der Waals surface area contributed by atoms with E-state index in [9.17, 15) is 31.1 Å². The van der Waals surface area contributed by atoms with Crippen molar-refractivity contribution in [1.82, 2.24) is 0 Å². The third-order valence-electron chi connectivity index (χ3n) is 4.48. The zero-order valence-corrected chi connectivity index (χ0v) is 17.8. The average Bonchev–Trinajstić information content (AvgIpc) is 2.83. The van der Waals surface area contributed by atoms with E-state index in [1.54, 1.807) is 0 Å². The summed E-state index contributed by atoms with van der Waals surface area (Å²) < 4.78 is 92.4. The fourth-order valence-electron chi connectivity index (χ4n) is 3.39. The zero-order chi connectivity index (χ0) is 23.2. The van der Waals surface area contributed by atoms with E-state index in [4.69, 9.17) is 14.4 Å². The highest BCUT2D eigenvalue weighted by Crippen LogP contribution is 2.43. The van der Waals surface area contributed by atoms with Gasteiger partial charge in [0.2, 0.25) is 0 Å². The topological polar surface area (TPSA) is 62.6 Å². The van der Waals surface area contributed by atoms with Crippen LogP contribution in [-0.2, 0) is 15.3 Å². The highest BCUT2D eigenvalue weighted by Gasteiger charge is 2.57. The number of hydrogen-bond acceptors (Lipinski definition) is 4. The number of nitriles is 1. The molecular formula is C18H20F6N2O3Si. The lowest BCUT2D eigenvalue weighted by atomic mass is 9.97. The van der Waals surface area contributed by atoms with E-state index in [2.05, 4.69) is 0 Å². The number of alkyl halides is 6. The second-order valence-electron chi connectivity index (χ2n) is 7.88. The van der Waals surface area contributed by atoms with Crippen molar-refractivity contribution in [2.75, 3.05) is 4.90 Å². The van der Waals surface area contributed by atoms with E-state index in [1.807, 2.05) is 0 Å². The zero-order valence-electron chi connectivity index (χ0n) is 16.8. The summed E-state index contributed by atoms with van der Waals surface area (Å²) in [5.74, 6) is 0. The first-order chi connectivity index (χ1) is 13.5. The summed E-state index contributed by atoms with van der Waals surface area (Å²) >= 11 is 0. The number of anilines is 1. The highest BCUT2D eigenvalue weighted by molar-refractivity contribution is 6.69. The van der Waals surface area contributed by atoms with Crippen LogP contribution in [0.25, 0.3) is 0 Å². The van der Waals surface area contributed by atoms with Crippen LogP contribution in [0.5, 0.6) is 0 Å². The number of carbonyl (C=O) groups excluding carboxylic acids is 1. The normalized spacial score (nSPS) is 21.4. The first-order valence-corrected chi connectivity index (χ1v) is 12.2. The molecule has 0 aromatic heterocycles. The largest absolute Gasteiger partial charge is 0.444 e. The Morgan fingerprint density at radius 1 is 1.20 bits per heavy atom. The van der Waals surface area contributed by atoms with Crippen LogP contribution in [-0.4, -0.2) is 38.8 Å². The molecule has 1 aliphatic rings. The summed E-state index contributed by atoms with van der Waals surface area (Å²) in [5, 5.41) is 9.01.